The number of nitrogens with zero attached hydrogens (tertiary/aromatic N) is 4. The van der Waals surface area contributed by atoms with Gasteiger partial charge in [-0.1, -0.05) is 13.8 Å². The van der Waals surface area contributed by atoms with Crippen molar-refractivity contribution in [1.29, 1.82) is 0 Å². The Labute approximate surface area is 202 Å². The first kappa shape index (κ1) is 25.1. The molecule has 4 rings (SSSR count). The van der Waals surface area contributed by atoms with Gasteiger partial charge in [0.2, 0.25) is 21.8 Å². The van der Waals surface area contributed by atoms with E-state index in [2.05, 4.69) is 4.90 Å². The SMILES string of the molecule is CCN(CC)S(=O)(=O)c1ccc(N2CC(C(=O)N3CCN(CC4CCCO4)CC3)CC2=O)cc1. The molecule has 1 aromatic carbocycles. The third-order valence-corrected chi connectivity index (χ3v) is 9.20. The summed E-state index contributed by atoms with van der Waals surface area (Å²) >= 11 is 0. The zero-order valence-corrected chi connectivity index (χ0v) is 21.0. The van der Waals surface area contributed by atoms with E-state index in [0.717, 1.165) is 39.1 Å². The Kier molecular flexibility index (Phi) is 7.91. The van der Waals surface area contributed by atoms with Gasteiger partial charge in [0.05, 0.1) is 16.9 Å². The van der Waals surface area contributed by atoms with Gasteiger partial charge in [-0.2, -0.15) is 4.31 Å². The quantitative estimate of drug-likeness (QED) is 0.545. The minimum absolute atomic E-state index is 0.0355. The Morgan fingerprint density at radius 2 is 1.76 bits per heavy atom. The van der Waals surface area contributed by atoms with Gasteiger partial charge >= 0.3 is 0 Å². The maximum absolute atomic E-state index is 13.1. The van der Waals surface area contributed by atoms with Crippen LogP contribution in [0.1, 0.15) is 33.1 Å². The molecular formula is C24H36N4O5S. The smallest absolute Gasteiger partial charge is 0.243 e. The Balaban J connectivity index is 1.33. The number of anilines is 1. The Hall–Kier alpha value is -2.01. The number of piperazine rings is 1. The summed E-state index contributed by atoms with van der Waals surface area (Å²) in [7, 11) is -3.55. The molecule has 0 N–H and O–H groups in total. The van der Waals surface area contributed by atoms with Crippen LogP contribution in [0.2, 0.25) is 0 Å². The lowest BCUT2D eigenvalue weighted by atomic mass is 10.1. The highest BCUT2D eigenvalue weighted by molar-refractivity contribution is 7.89. The molecule has 0 aromatic heterocycles. The maximum Gasteiger partial charge on any atom is 0.243 e. The molecule has 1 aromatic rings. The standard InChI is InChI=1S/C24H36N4O5S/c1-3-27(4-2)34(31,32)22-9-7-20(8-10-22)28-17-19(16-23(28)29)24(30)26-13-11-25(12-14-26)18-21-6-5-15-33-21/h7-10,19,21H,3-6,11-18H2,1-2H3. The van der Waals surface area contributed by atoms with Crippen molar-refractivity contribution in [3.63, 3.8) is 0 Å². The highest BCUT2D eigenvalue weighted by atomic mass is 32.2. The maximum atomic E-state index is 13.1. The summed E-state index contributed by atoms with van der Waals surface area (Å²) < 4.78 is 32.6. The van der Waals surface area contributed by atoms with E-state index in [1.165, 1.54) is 4.31 Å². The van der Waals surface area contributed by atoms with Gasteiger partial charge in [-0.3, -0.25) is 14.5 Å². The highest BCUT2D eigenvalue weighted by Gasteiger charge is 2.38. The van der Waals surface area contributed by atoms with Crippen LogP contribution >= 0.6 is 0 Å². The molecule has 3 aliphatic rings. The van der Waals surface area contributed by atoms with Crippen LogP contribution in [0.4, 0.5) is 5.69 Å². The van der Waals surface area contributed by atoms with Crippen LogP contribution < -0.4 is 4.90 Å². The molecule has 188 valence electrons. The van der Waals surface area contributed by atoms with Gasteiger partial charge in [-0.05, 0) is 37.1 Å². The minimum Gasteiger partial charge on any atom is -0.377 e. The third kappa shape index (κ3) is 5.30. The fourth-order valence-corrected chi connectivity index (χ4v) is 6.58. The molecule has 2 amide bonds. The van der Waals surface area contributed by atoms with Crippen molar-refractivity contribution in [2.24, 2.45) is 5.92 Å². The molecule has 0 bridgehead atoms. The molecule has 3 fully saturated rings. The van der Waals surface area contributed by atoms with E-state index in [1.54, 1.807) is 43.0 Å². The van der Waals surface area contributed by atoms with Crippen LogP contribution in [0.3, 0.4) is 0 Å². The van der Waals surface area contributed by atoms with E-state index < -0.39 is 10.0 Å². The van der Waals surface area contributed by atoms with Gasteiger partial charge in [0, 0.05) is 71.1 Å². The molecule has 2 unspecified atom stereocenters. The van der Waals surface area contributed by atoms with E-state index in [1.807, 2.05) is 4.90 Å². The molecule has 34 heavy (non-hydrogen) atoms. The number of hydrogen-bond donors (Lipinski definition) is 0. The van der Waals surface area contributed by atoms with Gasteiger partial charge in [-0.15, -0.1) is 0 Å². The summed E-state index contributed by atoms with van der Waals surface area (Å²) in [5.41, 5.74) is 0.625. The first-order valence-electron chi connectivity index (χ1n) is 12.4. The van der Waals surface area contributed by atoms with Gasteiger partial charge < -0.3 is 14.5 Å². The number of carbonyl (C=O) groups is 2. The molecule has 2 atom stereocenters. The molecule has 10 heteroatoms. The number of amides is 2. The van der Waals surface area contributed by atoms with Crippen LogP contribution in [0, 0.1) is 5.92 Å². The van der Waals surface area contributed by atoms with Crippen molar-refractivity contribution in [2.75, 3.05) is 63.9 Å². The minimum atomic E-state index is -3.55. The second-order valence-corrected chi connectivity index (χ2v) is 11.2. The molecule has 0 spiro atoms. The number of hydrogen-bond acceptors (Lipinski definition) is 6. The molecule has 0 saturated carbocycles. The van der Waals surface area contributed by atoms with E-state index in [4.69, 9.17) is 4.74 Å². The number of sulfonamides is 1. The van der Waals surface area contributed by atoms with E-state index in [9.17, 15) is 18.0 Å². The largest absolute Gasteiger partial charge is 0.377 e. The van der Waals surface area contributed by atoms with Crippen LogP contribution in [0.25, 0.3) is 0 Å². The Bertz CT molecular complexity index is 966. The number of ether oxygens (including phenoxy) is 1. The van der Waals surface area contributed by atoms with Gasteiger partial charge in [0.1, 0.15) is 0 Å². The Morgan fingerprint density at radius 3 is 2.35 bits per heavy atom. The Morgan fingerprint density at radius 1 is 1.09 bits per heavy atom. The second-order valence-electron chi connectivity index (χ2n) is 9.25. The average molecular weight is 493 g/mol. The molecule has 3 heterocycles. The van der Waals surface area contributed by atoms with Crippen molar-refractivity contribution >= 4 is 27.5 Å². The molecule has 3 aliphatic heterocycles. The van der Waals surface area contributed by atoms with Crippen molar-refractivity contribution in [3.8, 4) is 0 Å². The van der Waals surface area contributed by atoms with Gasteiger partial charge in [0.15, 0.2) is 0 Å². The van der Waals surface area contributed by atoms with Gasteiger partial charge in [-0.25, -0.2) is 8.42 Å². The van der Waals surface area contributed by atoms with E-state index >= 15 is 0 Å². The molecule has 0 aliphatic carbocycles. The molecule has 9 nitrogen and oxygen atoms in total. The summed E-state index contributed by atoms with van der Waals surface area (Å²) in [4.78, 5) is 31.9. The van der Waals surface area contributed by atoms with E-state index in [-0.39, 0.29) is 29.0 Å². The molecule has 3 saturated heterocycles. The number of carbonyl (C=O) groups excluding carboxylic acids is 2. The first-order valence-corrected chi connectivity index (χ1v) is 13.8. The van der Waals surface area contributed by atoms with Crippen LogP contribution in [-0.4, -0.2) is 99.4 Å². The summed E-state index contributed by atoms with van der Waals surface area (Å²) in [5.74, 6) is -0.431. The summed E-state index contributed by atoms with van der Waals surface area (Å²) in [5, 5.41) is 0. The van der Waals surface area contributed by atoms with Crippen LogP contribution in [0.5, 0.6) is 0 Å². The summed E-state index contributed by atoms with van der Waals surface area (Å²) in [6.45, 7) is 9.53. The fraction of sp³-hybridized carbons (Fsp3) is 0.667. The predicted molar refractivity (Wildman–Crippen MR) is 129 cm³/mol. The van der Waals surface area contributed by atoms with Crippen molar-refractivity contribution in [1.82, 2.24) is 14.1 Å². The highest BCUT2D eigenvalue weighted by Crippen LogP contribution is 2.28. The third-order valence-electron chi connectivity index (χ3n) is 7.14. The zero-order valence-electron chi connectivity index (χ0n) is 20.2. The summed E-state index contributed by atoms with van der Waals surface area (Å²) in [6, 6.07) is 6.40. The molecular weight excluding hydrogens is 456 g/mol. The summed E-state index contributed by atoms with van der Waals surface area (Å²) in [6.07, 6.45) is 2.75. The number of rotatable bonds is 8. The average Bonchev–Trinajstić information content (AvgIpc) is 3.49. The van der Waals surface area contributed by atoms with Crippen LogP contribution in [0.15, 0.2) is 29.2 Å². The zero-order chi connectivity index (χ0) is 24.3. The monoisotopic (exact) mass is 492 g/mol. The number of benzene rings is 1. The van der Waals surface area contributed by atoms with Crippen molar-refractivity contribution in [3.05, 3.63) is 24.3 Å². The normalized spacial score (nSPS) is 24.4. The second kappa shape index (κ2) is 10.7. The lowest BCUT2D eigenvalue weighted by Gasteiger charge is -2.36. The topological polar surface area (TPSA) is 90.5 Å². The van der Waals surface area contributed by atoms with Crippen LogP contribution in [-0.2, 0) is 24.3 Å². The fourth-order valence-electron chi connectivity index (χ4n) is 5.12. The van der Waals surface area contributed by atoms with Crippen molar-refractivity contribution in [2.45, 2.75) is 44.1 Å². The predicted octanol–water partition coefficient (Wildman–Crippen LogP) is 1.39. The van der Waals surface area contributed by atoms with Gasteiger partial charge in [0.25, 0.3) is 0 Å². The van der Waals surface area contributed by atoms with Crippen molar-refractivity contribution < 1.29 is 22.7 Å². The molecule has 0 radical (unpaired) electrons. The first-order chi connectivity index (χ1) is 16.3. The lowest BCUT2D eigenvalue weighted by molar-refractivity contribution is -0.137. The lowest BCUT2D eigenvalue weighted by Crippen LogP contribution is -2.52. The van der Waals surface area contributed by atoms with E-state index in [0.29, 0.717) is 44.5 Å².